The van der Waals surface area contributed by atoms with Crippen LogP contribution in [0.4, 0.5) is 0 Å². The highest BCUT2D eigenvalue weighted by Gasteiger charge is 2.17. The van der Waals surface area contributed by atoms with Gasteiger partial charge in [-0.05, 0) is 40.8 Å². The van der Waals surface area contributed by atoms with Gasteiger partial charge in [0.1, 0.15) is 18.1 Å². The first-order valence-electron chi connectivity index (χ1n) is 6.56. The van der Waals surface area contributed by atoms with Crippen molar-refractivity contribution >= 4 is 5.91 Å². The minimum Gasteiger partial charge on any atom is -0.467 e. The number of aromatic nitrogens is 4. The van der Waals surface area contributed by atoms with Crippen LogP contribution in [0.5, 0.6) is 0 Å². The molecule has 2 N–H and O–H groups in total. The monoisotopic (exact) mass is 299 g/mol. The molecule has 1 amide bonds. The zero-order chi connectivity index (χ0) is 15.4. The Hall–Kier alpha value is -3.00. The highest BCUT2D eigenvalue weighted by molar-refractivity contribution is 5.94. The Morgan fingerprint density at radius 3 is 2.95 bits per heavy atom. The van der Waals surface area contributed by atoms with E-state index in [-0.39, 0.29) is 12.5 Å². The molecule has 1 aromatic carbocycles. The van der Waals surface area contributed by atoms with Crippen molar-refractivity contribution in [1.82, 2.24) is 25.5 Å². The van der Waals surface area contributed by atoms with E-state index >= 15 is 0 Å². The maximum atomic E-state index is 12.3. The number of nitrogens with zero attached hydrogens (tertiary/aromatic N) is 4. The summed E-state index contributed by atoms with van der Waals surface area (Å²) < 4.78 is 6.65. The minimum absolute atomic E-state index is 0.258. The molecular weight excluding hydrogens is 286 g/mol. The van der Waals surface area contributed by atoms with Gasteiger partial charge < -0.3 is 14.8 Å². The van der Waals surface area contributed by atoms with E-state index in [0.29, 0.717) is 17.0 Å². The standard InChI is InChI=1S/C14H13N5O3/c20-8-12(13-5-2-6-22-13)16-14(21)10-3-1-4-11(7-10)19-9-15-17-18-19/h1-7,9,12,20H,8H2,(H,16,21). The maximum Gasteiger partial charge on any atom is 0.252 e. The zero-order valence-electron chi connectivity index (χ0n) is 11.5. The van der Waals surface area contributed by atoms with Gasteiger partial charge in [0.15, 0.2) is 0 Å². The van der Waals surface area contributed by atoms with E-state index in [4.69, 9.17) is 4.42 Å². The van der Waals surface area contributed by atoms with E-state index in [1.807, 2.05) is 0 Å². The summed E-state index contributed by atoms with van der Waals surface area (Å²) in [5.41, 5.74) is 1.09. The molecule has 8 nitrogen and oxygen atoms in total. The van der Waals surface area contributed by atoms with Crippen LogP contribution in [0.2, 0.25) is 0 Å². The summed E-state index contributed by atoms with van der Waals surface area (Å²) in [6.07, 6.45) is 2.93. The van der Waals surface area contributed by atoms with E-state index in [0.717, 1.165) is 0 Å². The van der Waals surface area contributed by atoms with Crippen molar-refractivity contribution in [3.8, 4) is 5.69 Å². The predicted molar refractivity (Wildman–Crippen MR) is 75.2 cm³/mol. The maximum absolute atomic E-state index is 12.3. The predicted octanol–water partition coefficient (Wildman–Crippen LogP) is 0.719. The molecule has 1 unspecified atom stereocenters. The molecule has 0 saturated heterocycles. The molecule has 0 saturated carbocycles. The number of furan rings is 1. The molecule has 0 bridgehead atoms. The van der Waals surface area contributed by atoms with Crippen LogP contribution in [0, 0.1) is 0 Å². The number of benzene rings is 1. The molecule has 22 heavy (non-hydrogen) atoms. The Morgan fingerprint density at radius 1 is 1.36 bits per heavy atom. The van der Waals surface area contributed by atoms with Gasteiger partial charge in [-0.15, -0.1) is 5.10 Å². The number of hydrogen-bond donors (Lipinski definition) is 2. The lowest BCUT2D eigenvalue weighted by Gasteiger charge is -2.14. The molecule has 2 heterocycles. The third-order valence-electron chi connectivity index (χ3n) is 3.10. The molecule has 0 aliphatic carbocycles. The molecule has 3 rings (SSSR count). The van der Waals surface area contributed by atoms with Crippen molar-refractivity contribution < 1.29 is 14.3 Å². The Bertz CT molecular complexity index is 740. The van der Waals surface area contributed by atoms with Crippen LogP contribution in [-0.2, 0) is 0 Å². The van der Waals surface area contributed by atoms with Gasteiger partial charge in [0.2, 0.25) is 0 Å². The topological polar surface area (TPSA) is 106 Å². The number of rotatable bonds is 5. The molecule has 0 radical (unpaired) electrons. The van der Waals surface area contributed by atoms with Crippen molar-refractivity contribution in [2.45, 2.75) is 6.04 Å². The molecule has 0 fully saturated rings. The summed E-state index contributed by atoms with van der Waals surface area (Å²) in [4.78, 5) is 12.3. The second-order valence-electron chi connectivity index (χ2n) is 4.53. The average molecular weight is 299 g/mol. The molecule has 1 atom stereocenters. The van der Waals surface area contributed by atoms with Crippen LogP contribution in [0.15, 0.2) is 53.4 Å². The molecule has 112 valence electrons. The smallest absolute Gasteiger partial charge is 0.252 e. The Labute approximate surface area is 125 Å². The summed E-state index contributed by atoms with van der Waals surface area (Å²) in [7, 11) is 0. The number of hydrogen-bond acceptors (Lipinski definition) is 6. The largest absolute Gasteiger partial charge is 0.467 e. The van der Waals surface area contributed by atoms with Crippen LogP contribution in [-0.4, -0.2) is 37.8 Å². The minimum atomic E-state index is -0.598. The van der Waals surface area contributed by atoms with Gasteiger partial charge in [-0.25, -0.2) is 4.68 Å². The van der Waals surface area contributed by atoms with Gasteiger partial charge >= 0.3 is 0 Å². The van der Waals surface area contributed by atoms with Crippen molar-refractivity contribution in [2.24, 2.45) is 0 Å². The second-order valence-corrected chi connectivity index (χ2v) is 4.53. The number of aliphatic hydroxyl groups excluding tert-OH is 1. The van der Waals surface area contributed by atoms with Crippen LogP contribution < -0.4 is 5.32 Å². The average Bonchev–Trinajstić information content (AvgIpc) is 3.25. The lowest BCUT2D eigenvalue weighted by atomic mass is 10.1. The van der Waals surface area contributed by atoms with Crippen molar-refractivity contribution in [3.63, 3.8) is 0 Å². The van der Waals surface area contributed by atoms with E-state index < -0.39 is 6.04 Å². The molecule has 0 aliphatic heterocycles. The normalized spacial score (nSPS) is 12.0. The Kier molecular flexibility index (Phi) is 3.92. The van der Waals surface area contributed by atoms with E-state index in [9.17, 15) is 9.90 Å². The summed E-state index contributed by atoms with van der Waals surface area (Å²) in [6.45, 7) is -0.258. The fourth-order valence-electron chi connectivity index (χ4n) is 2.01. The van der Waals surface area contributed by atoms with E-state index in [1.54, 1.807) is 36.4 Å². The Morgan fingerprint density at radius 2 is 2.27 bits per heavy atom. The number of amides is 1. The van der Waals surface area contributed by atoms with Gasteiger partial charge in [-0.3, -0.25) is 4.79 Å². The van der Waals surface area contributed by atoms with E-state index in [1.165, 1.54) is 17.3 Å². The summed E-state index contributed by atoms with van der Waals surface area (Å²) >= 11 is 0. The first kappa shape index (κ1) is 14.0. The van der Waals surface area contributed by atoms with Crippen LogP contribution >= 0.6 is 0 Å². The van der Waals surface area contributed by atoms with Crippen molar-refractivity contribution in [2.75, 3.05) is 6.61 Å². The lowest BCUT2D eigenvalue weighted by Crippen LogP contribution is -2.30. The second kappa shape index (κ2) is 6.19. The van der Waals surface area contributed by atoms with Crippen LogP contribution in [0.1, 0.15) is 22.2 Å². The van der Waals surface area contributed by atoms with Gasteiger partial charge in [-0.1, -0.05) is 6.07 Å². The van der Waals surface area contributed by atoms with E-state index in [2.05, 4.69) is 20.8 Å². The zero-order valence-corrected chi connectivity index (χ0v) is 11.5. The molecular formula is C14H13N5O3. The van der Waals surface area contributed by atoms with Gasteiger partial charge in [0.05, 0.1) is 18.6 Å². The number of tetrazole rings is 1. The highest BCUT2D eigenvalue weighted by atomic mass is 16.3. The number of nitrogens with one attached hydrogen (secondary N) is 1. The van der Waals surface area contributed by atoms with Gasteiger partial charge in [-0.2, -0.15) is 0 Å². The third-order valence-corrected chi connectivity index (χ3v) is 3.10. The quantitative estimate of drug-likeness (QED) is 0.719. The van der Waals surface area contributed by atoms with Crippen LogP contribution in [0.25, 0.3) is 5.69 Å². The number of aliphatic hydroxyl groups is 1. The Balaban J connectivity index is 1.79. The molecule has 3 aromatic rings. The first-order valence-corrected chi connectivity index (χ1v) is 6.56. The third kappa shape index (κ3) is 2.86. The number of carbonyl (C=O) groups is 1. The van der Waals surface area contributed by atoms with Crippen molar-refractivity contribution in [1.29, 1.82) is 0 Å². The molecule has 0 aliphatic rings. The summed E-state index contributed by atoms with van der Waals surface area (Å²) in [5, 5.41) is 23.0. The number of carbonyl (C=O) groups excluding carboxylic acids is 1. The van der Waals surface area contributed by atoms with Gasteiger partial charge in [0, 0.05) is 5.56 Å². The summed E-state index contributed by atoms with van der Waals surface area (Å²) in [5.74, 6) is 0.165. The van der Waals surface area contributed by atoms with Crippen molar-refractivity contribution in [3.05, 3.63) is 60.3 Å². The van der Waals surface area contributed by atoms with Gasteiger partial charge in [0.25, 0.3) is 5.91 Å². The fraction of sp³-hybridized carbons (Fsp3) is 0.143. The first-order chi connectivity index (χ1) is 10.8. The fourth-order valence-corrected chi connectivity index (χ4v) is 2.01. The highest BCUT2D eigenvalue weighted by Crippen LogP contribution is 2.15. The molecule has 8 heteroatoms. The molecule has 2 aromatic heterocycles. The SMILES string of the molecule is O=C(NC(CO)c1ccco1)c1cccc(-n2cnnn2)c1. The summed E-state index contributed by atoms with van der Waals surface area (Å²) in [6, 6.07) is 9.62. The molecule has 0 spiro atoms. The van der Waals surface area contributed by atoms with Crippen LogP contribution in [0.3, 0.4) is 0 Å². The lowest BCUT2D eigenvalue weighted by molar-refractivity contribution is 0.0907.